The molecule has 0 bridgehead atoms. The Balaban J connectivity index is 0.00000512. The van der Waals surface area contributed by atoms with Crippen LogP contribution in [0, 0.1) is 0 Å². The van der Waals surface area contributed by atoms with Gasteiger partial charge in [-0.2, -0.15) is 4.98 Å². The summed E-state index contributed by atoms with van der Waals surface area (Å²) in [5.41, 5.74) is 4.52. The number of quaternary nitrogens is 1. The standard InChI is InChI=1S/C14H26N4O11P2.Na/c1-18(2,3)6-7-26-30(22,23)29-31(24,25)27-8-9-11(19)12(20)13(28-9)17-5-4-10(15)16-14(17)21;/h4-5,9,11-13,19-20H,6-8H2,1-3H3,(H3-,15,16,21,22,23,24,25);/q;+1/t9-,11+,12+,13+;/m0./s1/i14+1,16+1,17+1;. The van der Waals surface area contributed by atoms with Gasteiger partial charge in [-0.15, -0.1) is 0 Å². The van der Waals surface area contributed by atoms with E-state index in [2.05, 4.69) is 18.3 Å². The molecule has 18 heteroatoms. The van der Waals surface area contributed by atoms with E-state index in [0.29, 0.717) is 4.48 Å². The predicted octanol–water partition coefficient (Wildman–Crippen LogP) is -5.23. The van der Waals surface area contributed by atoms with E-state index in [0.717, 1.165) is 4.57 Å². The molecule has 0 aromatic carbocycles. The molecular weight excluding hydrogens is 488 g/mol. The van der Waals surface area contributed by atoms with Gasteiger partial charge in [0.2, 0.25) is 0 Å². The van der Waals surface area contributed by atoms with Crippen molar-refractivity contribution in [1.82, 2.24) is 9.55 Å². The van der Waals surface area contributed by atoms with Crippen molar-refractivity contribution in [3.63, 3.8) is 0 Å². The first-order valence-corrected chi connectivity index (χ1v) is 11.9. The number of nitrogens with two attached hydrogens (primary N) is 1. The van der Waals surface area contributed by atoms with Crippen molar-refractivity contribution in [3.05, 3.63) is 22.7 Å². The van der Waals surface area contributed by atoms with Gasteiger partial charge >= 0.3 is 43.1 Å². The first-order chi connectivity index (χ1) is 14.1. The second-order valence-electron chi connectivity index (χ2n) is 7.73. The van der Waals surface area contributed by atoms with Crippen molar-refractivity contribution in [2.75, 3.05) is 46.6 Å². The van der Waals surface area contributed by atoms with Gasteiger partial charge < -0.3 is 39.5 Å². The molecule has 1 aliphatic rings. The molecule has 1 aromatic heterocycles. The van der Waals surface area contributed by atoms with Crippen molar-refractivity contribution in [2.24, 2.45) is 0 Å². The van der Waals surface area contributed by atoms with Gasteiger partial charge in [-0.3, -0.25) is 13.7 Å². The molecule has 178 valence electrons. The number of rotatable bonds is 10. The van der Waals surface area contributed by atoms with Crippen molar-refractivity contribution < 1.29 is 81.3 Å². The van der Waals surface area contributed by atoms with Gasteiger partial charge in [-0.1, -0.05) is 0 Å². The number of ether oxygens (including phenoxy) is 1. The largest absolute Gasteiger partial charge is 1.00 e. The molecule has 0 radical (unpaired) electrons. The Bertz CT molecular complexity index is 927. The number of hydrogen-bond donors (Lipinski definition) is 4. The maximum atomic E-state index is 12.0. The van der Waals surface area contributed by atoms with Gasteiger partial charge in [0.05, 0.1) is 27.7 Å². The van der Waals surface area contributed by atoms with Crippen LogP contribution in [0.2, 0.25) is 0 Å². The van der Waals surface area contributed by atoms with Gasteiger partial charge in [0.15, 0.2) is 6.23 Å². The topological polar surface area (TPSA) is 216 Å². The summed E-state index contributed by atoms with van der Waals surface area (Å²) in [6, 6.07) is 1.26. The van der Waals surface area contributed by atoms with Crippen LogP contribution in [-0.2, 0) is 27.2 Å². The van der Waals surface area contributed by atoms with Crippen LogP contribution in [0.3, 0.4) is 0 Å². The predicted molar refractivity (Wildman–Crippen MR) is 102 cm³/mol. The molecule has 2 rings (SSSR count). The summed E-state index contributed by atoms with van der Waals surface area (Å²) < 4.78 is 43.4. The van der Waals surface area contributed by atoms with Crippen molar-refractivity contribution in [2.45, 2.75) is 24.5 Å². The fourth-order valence-corrected chi connectivity index (χ4v) is 4.51. The summed E-state index contributed by atoms with van der Waals surface area (Å²) in [7, 11) is -5.01. The van der Waals surface area contributed by atoms with Crippen LogP contribution in [-0.4, -0.2) is 88.4 Å². The summed E-state index contributed by atoms with van der Waals surface area (Å²) >= 11 is 0. The number of aliphatic hydroxyl groups excluding tert-OH is 2. The van der Waals surface area contributed by atoms with E-state index in [1.165, 1.54) is 12.3 Å². The van der Waals surface area contributed by atoms with E-state index in [1.807, 2.05) is 0 Å². The Kier molecular flexibility index (Phi) is 10.7. The normalized spacial score (nSPS) is 27.3. The fraction of sp³-hybridized carbons (Fsp3) is 0.714. The molecule has 1 saturated heterocycles. The monoisotopic (exact) mass is 514 g/mol. The zero-order valence-corrected chi connectivity index (χ0v) is 21.8. The van der Waals surface area contributed by atoms with E-state index >= 15 is 0 Å². The smallest absolute Gasteiger partial charge is 0.756 e. The van der Waals surface area contributed by atoms with E-state index in [1.54, 1.807) is 21.1 Å². The van der Waals surface area contributed by atoms with Gasteiger partial charge in [0.1, 0.15) is 37.3 Å². The van der Waals surface area contributed by atoms with E-state index in [9.17, 15) is 33.9 Å². The van der Waals surface area contributed by atoms with E-state index in [4.69, 9.17) is 10.5 Å². The first kappa shape index (κ1) is 29.8. The molecule has 32 heavy (non-hydrogen) atoms. The molecule has 0 amide bonds. The second kappa shape index (κ2) is 11.5. The van der Waals surface area contributed by atoms with Crippen LogP contribution >= 0.6 is 15.6 Å². The summed E-state index contributed by atoms with van der Waals surface area (Å²) in [6.07, 6.45) is -4.89. The average molecular weight is 514 g/mol. The van der Waals surface area contributed by atoms with Gasteiger partial charge in [-0.05, 0) is 6.07 Å². The van der Waals surface area contributed by atoms with Crippen LogP contribution in [0.25, 0.3) is 0 Å². The zero-order valence-electron chi connectivity index (χ0n) is 18.0. The number of aliphatic hydroxyl groups is 2. The fourth-order valence-electron chi connectivity index (χ4n) is 2.48. The van der Waals surface area contributed by atoms with Gasteiger partial charge in [0.25, 0.3) is 7.82 Å². The maximum absolute atomic E-state index is 12.0. The number of hydrogen-bond acceptors (Lipinski definition) is 12. The van der Waals surface area contributed by atoms with Crippen LogP contribution in [0.15, 0.2) is 17.1 Å². The molecule has 0 aliphatic carbocycles. The number of aromatic nitrogens is 2. The number of likely N-dealkylation sites (N-methyl/N-ethyl adjacent to an activating group) is 1. The van der Waals surface area contributed by atoms with Gasteiger partial charge in [0, 0.05) is 6.20 Å². The number of nitrogens with zero attached hydrogens (tertiary/aromatic N) is 3. The third-order valence-electron chi connectivity index (χ3n) is 4.08. The van der Waals surface area contributed by atoms with Crippen LogP contribution in [0.4, 0.5) is 5.82 Å². The Morgan fingerprint density at radius 1 is 1.28 bits per heavy atom. The third kappa shape index (κ3) is 8.85. The van der Waals surface area contributed by atoms with Crippen LogP contribution < -0.4 is 45.9 Å². The SMILES string of the molecule is C[N+](C)(C)CCOP(=O)([O-])OP(=O)(O)OC[C@@H]1O[C@@H]([15n]2ccc(N)[15n][13c]2=O)[C@H](O)[C@@H]1O.[Na+]. The summed E-state index contributed by atoms with van der Waals surface area (Å²) in [4.78, 5) is 36.7. The molecule has 15 nitrogen and oxygen atoms in total. The summed E-state index contributed by atoms with van der Waals surface area (Å²) in [5.74, 6) is -0.0711. The average Bonchev–Trinajstić information content (AvgIpc) is 2.86. The third-order valence-corrected chi connectivity index (χ3v) is 6.68. The van der Waals surface area contributed by atoms with Crippen molar-refractivity contribution in [1.29, 1.82) is 0 Å². The van der Waals surface area contributed by atoms with Crippen LogP contribution in [0.1, 0.15) is 6.23 Å². The van der Waals surface area contributed by atoms with Crippen molar-refractivity contribution >= 4 is 21.5 Å². The van der Waals surface area contributed by atoms with E-state index in [-0.39, 0.29) is 48.5 Å². The minimum absolute atomic E-state index is 0. The summed E-state index contributed by atoms with van der Waals surface area (Å²) in [5, 5.41) is 20.2. The van der Waals surface area contributed by atoms with E-state index < -0.39 is 52.5 Å². The second-order valence-corrected chi connectivity index (χ2v) is 10.7. The zero-order chi connectivity index (χ0) is 23.6. The molecule has 6 atom stereocenters. The first-order valence-electron chi connectivity index (χ1n) is 8.91. The quantitative estimate of drug-likeness (QED) is 0.131. The van der Waals surface area contributed by atoms with Gasteiger partial charge in [-0.25, -0.2) is 13.7 Å². The number of phosphoric acid groups is 2. The molecule has 1 aromatic rings. The Labute approximate surface area is 205 Å². The molecule has 2 unspecified atom stereocenters. The Morgan fingerprint density at radius 2 is 1.91 bits per heavy atom. The molecule has 0 spiro atoms. The molecule has 5 N–H and O–H groups in total. The molecule has 1 aliphatic heterocycles. The molecule has 0 saturated carbocycles. The molecular formula is C14H26N4NaO11P2+. The molecule has 2 heterocycles. The maximum Gasteiger partial charge on any atom is 1.00 e. The Morgan fingerprint density at radius 3 is 2.47 bits per heavy atom. The minimum atomic E-state index is -5.18. The number of nitrogen functional groups attached to an aromatic ring is 1. The number of phosphoric ester groups is 2. The molecule has 1 fully saturated rings. The minimum Gasteiger partial charge on any atom is -0.756 e. The number of anilines is 1. The summed E-state index contributed by atoms with van der Waals surface area (Å²) in [6.45, 7) is -0.877. The van der Waals surface area contributed by atoms with Crippen LogP contribution in [0.5, 0.6) is 0 Å². The van der Waals surface area contributed by atoms with Crippen molar-refractivity contribution in [3.8, 4) is 0 Å². The Hall–Kier alpha value is -0.220.